The summed E-state index contributed by atoms with van der Waals surface area (Å²) in [5.41, 5.74) is 1.23. The second-order valence-corrected chi connectivity index (χ2v) is 7.92. The maximum absolute atomic E-state index is 11.9. The van der Waals surface area contributed by atoms with Gasteiger partial charge in [-0.15, -0.1) is 0 Å². The third-order valence-corrected chi connectivity index (χ3v) is 4.88. The molecule has 0 unspecified atom stereocenters. The van der Waals surface area contributed by atoms with Gasteiger partial charge in [0.15, 0.2) is 0 Å². The molecular weight excluding hydrogens is 286 g/mol. The smallest absolute Gasteiger partial charge is 0.233 e. The van der Waals surface area contributed by atoms with Crippen LogP contribution in [0.3, 0.4) is 0 Å². The largest absolute Gasteiger partial charge is 0.274 e. The minimum atomic E-state index is -3.46. The van der Waals surface area contributed by atoms with Gasteiger partial charge in [0, 0.05) is 6.42 Å². The fourth-order valence-electron chi connectivity index (χ4n) is 3.28. The van der Waals surface area contributed by atoms with E-state index >= 15 is 0 Å². The van der Waals surface area contributed by atoms with E-state index in [4.69, 9.17) is 0 Å². The molecule has 21 heavy (non-hydrogen) atoms. The molecule has 2 rings (SSSR count). The molecule has 0 saturated heterocycles. The molecule has 1 aromatic rings. The number of benzene rings is 1. The Morgan fingerprint density at radius 1 is 1.19 bits per heavy atom. The Hall–Kier alpha value is -1.36. The van der Waals surface area contributed by atoms with Crippen LogP contribution in [0.2, 0.25) is 0 Å². The lowest BCUT2D eigenvalue weighted by Gasteiger charge is -2.28. The lowest BCUT2D eigenvalue weighted by molar-refractivity contribution is -0.121. The molecule has 1 aromatic carbocycles. The van der Waals surface area contributed by atoms with Crippen LogP contribution in [0, 0.1) is 5.41 Å². The molecule has 1 saturated carbocycles. The number of hydrogen-bond acceptors (Lipinski definition) is 3. The normalized spacial score (nSPS) is 17.6. The highest BCUT2D eigenvalue weighted by atomic mass is 32.2. The number of nitrogens with one attached hydrogen (secondary N) is 1. The van der Waals surface area contributed by atoms with E-state index in [1.54, 1.807) is 0 Å². The van der Waals surface area contributed by atoms with Gasteiger partial charge in [-0.2, -0.15) is 0 Å². The van der Waals surface area contributed by atoms with Gasteiger partial charge < -0.3 is 0 Å². The quantitative estimate of drug-likeness (QED) is 0.878. The highest BCUT2D eigenvalue weighted by Crippen LogP contribution is 2.44. The molecule has 116 valence electrons. The fourth-order valence-corrected chi connectivity index (χ4v) is 3.76. The molecular formula is C16H23NO3S. The van der Waals surface area contributed by atoms with Gasteiger partial charge in [0.25, 0.3) is 0 Å². The van der Waals surface area contributed by atoms with Crippen molar-refractivity contribution < 1.29 is 13.2 Å². The Bertz CT molecular complexity index is 575. The van der Waals surface area contributed by atoms with Crippen molar-refractivity contribution >= 4 is 15.9 Å². The molecule has 1 N–H and O–H groups in total. The van der Waals surface area contributed by atoms with Crippen LogP contribution in [-0.4, -0.2) is 20.6 Å². The number of hydrogen-bond donors (Lipinski definition) is 1. The third kappa shape index (κ3) is 5.16. The molecule has 1 aliphatic carbocycles. The SMILES string of the molecule is CS(=O)(=O)NC(=O)CC1(CCc2ccccc2)CCCC1. The monoisotopic (exact) mass is 309 g/mol. The van der Waals surface area contributed by atoms with Crippen molar-refractivity contribution in [2.24, 2.45) is 5.41 Å². The second kappa shape index (κ2) is 6.60. The van der Waals surface area contributed by atoms with E-state index in [-0.39, 0.29) is 11.3 Å². The van der Waals surface area contributed by atoms with E-state index < -0.39 is 10.0 Å². The molecule has 0 aromatic heterocycles. The van der Waals surface area contributed by atoms with Crippen LogP contribution in [0.25, 0.3) is 0 Å². The van der Waals surface area contributed by atoms with E-state index in [1.807, 2.05) is 18.2 Å². The van der Waals surface area contributed by atoms with Crippen molar-refractivity contribution in [1.29, 1.82) is 0 Å². The minimum absolute atomic E-state index is 0.0371. The highest BCUT2D eigenvalue weighted by Gasteiger charge is 2.35. The van der Waals surface area contributed by atoms with Gasteiger partial charge in [0.1, 0.15) is 0 Å². The first-order valence-corrected chi connectivity index (χ1v) is 9.32. The maximum Gasteiger partial charge on any atom is 0.233 e. The number of carbonyl (C=O) groups excluding carboxylic acids is 1. The van der Waals surface area contributed by atoms with E-state index in [2.05, 4.69) is 16.9 Å². The molecule has 1 fully saturated rings. The second-order valence-electron chi connectivity index (χ2n) is 6.17. The molecule has 0 spiro atoms. The average molecular weight is 309 g/mol. The van der Waals surface area contributed by atoms with Gasteiger partial charge in [0.05, 0.1) is 6.26 Å². The summed E-state index contributed by atoms with van der Waals surface area (Å²) < 4.78 is 24.4. The van der Waals surface area contributed by atoms with Gasteiger partial charge >= 0.3 is 0 Å². The molecule has 0 aliphatic heterocycles. The zero-order chi connectivity index (χ0) is 15.3. The van der Waals surface area contributed by atoms with Crippen molar-refractivity contribution in [1.82, 2.24) is 4.72 Å². The summed E-state index contributed by atoms with van der Waals surface area (Å²) in [5, 5.41) is 0. The summed E-state index contributed by atoms with van der Waals surface area (Å²) in [4.78, 5) is 11.9. The number of carbonyl (C=O) groups is 1. The van der Waals surface area contributed by atoms with Crippen molar-refractivity contribution in [3.05, 3.63) is 35.9 Å². The van der Waals surface area contributed by atoms with Gasteiger partial charge in [-0.1, -0.05) is 43.2 Å². The van der Waals surface area contributed by atoms with Crippen LogP contribution >= 0.6 is 0 Å². The zero-order valence-corrected chi connectivity index (χ0v) is 13.3. The first kappa shape index (κ1) is 16.0. The summed E-state index contributed by atoms with van der Waals surface area (Å²) >= 11 is 0. The topological polar surface area (TPSA) is 63.2 Å². The van der Waals surface area contributed by atoms with Crippen LogP contribution < -0.4 is 4.72 Å². The summed E-state index contributed by atoms with van der Waals surface area (Å²) in [7, 11) is -3.46. The lowest BCUT2D eigenvalue weighted by Crippen LogP contribution is -2.34. The van der Waals surface area contributed by atoms with Crippen LogP contribution in [-0.2, 0) is 21.2 Å². The van der Waals surface area contributed by atoms with E-state index in [0.29, 0.717) is 6.42 Å². The third-order valence-electron chi connectivity index (χ3n) is 4.29. The van der Waals surface area contributed by atoms with Gasteiger partial charge in [-0.3, -0.25) is 9.52 Å². The Balaban J connectivity index is 1.98. The molecule has 0 atom stereocenters. The summed E-state index contributed by atoms with van der Waals surface area (Å²) in [5.74, 6) is -0.368. The van der Waals surface area contributed by atoms with Crippen LogP contribution in [0.1, 0.15) is 44.1 Å². The van der Waals surface area contributed by atoms with Gasteiger partial charge in [0.2, 0.25) is 15.9 Å². The van der Waals surface area contributed by atoms with Crippen molar-refractivity contribution in [2.45, 2.75) is 44.9 Å². The Morgan fingerprint density at radius 3 is 2.38 bits per heavy atom. The molecule has 0 radical (unpaired) electrons. The van der Waals surface area contributed by atoms with Crippen LogP contribution in [0.15, 0.2) is 30.3 Å². The number of sulfonamides is 1. The molecule has 0 heterocycles. The first-order valence-electron chi connectivity index (χ1n) is 7.43. The van der Waals surface area contributed by atoms with Crippen molar-refractivity contribution in [2.75, 3.05) is 6.26 Å². The van der Waals surface area contributed by atoms with Crippen molar-refractivity contribution in [3.63, 3.8) is 0 Å². The predicted octanol–water partition coefficient (Wildman–Crippen LogP) is 2.65. The molecule has 5 heteroatoms. The molecule has 4 nitrogen and oxygen atoms in total. The van der Waals surface area contributed by atoms with E-state index in [9.17, 15) is 13.2 Å². The summed E-state index contributed by atoms with van der Waals surface area (Å²) in [6, 6.07) is 10.2. The molecule has 1 amide bonds. The number of rotatable bonds is 6. The fraction of sp³-hybridized carbons (Fsp3) is 0.562. The van der Waals surface area contributed by atoms with E-state index in [0.717, 1.165) is 44.8 Å². The average Bonchev–Trinajstić information content (AvgIpc) is 2.84. The number of aryl methyl sites for hydroxylation is 1. The van der Waals surface area contributed by atoms with Gasteiger partial charge in [-0.25, -0.2) is 8.42 Å². The zero-order valence-electron chi connectivity index (χ0n) is 12.5. The first-order chi connectivity index (χ1) is 9.89. The van der Waals surface area contributed by atoms with E-state index in [1.165, 1.54) is 5.56 Å². The standard InChI is InChI=1S/C16H23NO3S/c1-21(19,20)17-15(18)13-16(10-5-6-11-16)12-9-14-7-3-2-4-8-14/h2-4,7-8H,5-6,9-13H2,1H3,(H,17,18). The molecule has 0 bridgehead atoms. The van der Waals surface area contributed by atoms with Crippen LogP contribution in [0.5, 0.6) is 0 Å². The Kier molecular flexibility index (Phi) is 5.04. The Morgan fingerprint density at radius 2 is 1.81 bits per heavy atom. The van der Waals surface area contributed by atoms with Crippen LogP contribution in [0.4, 0.5) is 0 Å². The molecule has 1 aliphatic rings. The van der Waals surface area contributed by atoms with Crippen molar-refractivity contribution in [3.8, 4) is 0 Å². The highest BCUT2D eigenvalue weighted by molar-refractivity contribution is 7.89. The predicted molar refractivity (Wildman–Crippen MR) is 83.3 cm³/mol. The maximum atomic E-state index is 11.9. The Labute approximate surface area is 127 Å². The lowest BCUT2D eigenvalue weighted by atomic mass is 9.77. The van der Waals surface area contributed by atoms with Gasteiger partial charge in [-0.05, 0) is 36.7 Å². The minimum Gasteiger partial charge on any atom is -0.274 e. The summed E-state index contributed by atoms with van der Waals surface area (Å²) in [6.07, 6.45) is 7.49. The summed E-state index contributed by atoms with van der Waals surface area (Å²) in [6.45, 7) is 0. The number of amides is 1.